The van der Waals surface area contributed by atoms with E-state index in [2.05, 4.69) is 43.0 Å². The molecule has 0 saturated carbocycles. The van der Waals surface area contributed by atoms with Gasteiger partial charge < -0.3 is 10.2 Å². The van der Waals surface area contributed by atoms with Gasteiger partial charge in [0.2, 0.25) is 5.91 Å². The second-order valence-corrected chi connectivity index (χ2v) is 8.55. The molecule has 1 saturated heterocycles. The van der Waals surface area contributed by atoms with Crippen LogP contribution in [0.25, 0.3) is 0 Å². The molecule has 7 heteroatoms. The molecule has 26 heavy (non-hydrogen) atoms. The zero-order valence-corrected chi connectivity index (χ0v) is 17.4. The van der Waals surface area contributed by atoms with Gasteiger partial charge in [-0.15, -0.1) is 0 Å². The van der Waals surface area contributed by atoms with Crippen molar-refractivity contribution in [2.75, 3.05) is 29.1 Å². The molecule has 1 aromatic carbocycles. The number of anilines is 2. The lowest BCUT2D eigenvalue weighted by atomic mass is 9.99. The third-order valence-corrected chi connectivity index (χ3v) is 6.07. The van der Waals surface area contributed by atoms with E-state index in [0.29, 0.717) is 5.75 Å². The molecule has 0 aliphatic carbocycles. The van der Waals surface area contributed by atoms with Gasteiger partial charge in [0.05, 0.1) is 11.4 Å². The molecular weight excluding hydrogens is 412 g/mol. The predicted molar refractivity (Wildman–Crippen MR) is 111 cm³/mol. The number of nitrogens with zero attached hydrogens (tertiary/aromatic N) is 3. The zero-order chi connectivity index (χ0) is 18.5. The van der Waals surface area contributed by atoms with Crippen LogP contribution in [0.4, 0.5) is 11.5 Å². The zero-order valence-electron chi connectivity index (χ0n) is 15.0. The van der Waals surface area contributed by atoms with Crippen molar-refractivity contribution in [3.63, 3.8) is 0 Å². The van der Waals surface area contributed by atoms with Crippen LogP contribution in [0.3, 0.4) is 0 Å². The van der Waals surface area contributed by atoms with Gasteiger partial charge in [-0.05, 0) is 59.3 Å². The lowest BCUT2D eigenvalue weighted by Crippen LogP contribution is -2.33. The first-order valence-electron chi connectivity index (χ1n) is 8.77. The Bertz CT molecular complexity index is 778. The van der Waals surface area contributed by atoms with Crippen molar-refractivity contribution in [1.29, 1.82) is 0 Å². The minimum Gasteiger partial charge on any atom is -0.356 e. The molecule has 0 bridgehead atoms. The third-order valence-electron chi connectivity index (χ3n) is 4.49. The number of aryl methyl sites for hydroxylation is 1. The minimum absolute atomic E-state index is 0.0495. The number of rotatable bonds is 5. The predicted octanol–water partition coefficient (Wildman–Crippen LogP) is 4.51. The molecule has 1 aromatic heterocycles. The van der Waals surface area contributed by atoms with Crippen LogP contribution >= 0.6 is 27.7 Å². The fourth-order valence-corrected chi connectivity index (χ4v) is 4.12. The van der Waals surface area contributed by atoms with Crippen molar-refractivity contribution in [2.45, 2.75) is 31.7 Å². The molecule has 1 fully saturated rings. The summed E-state index contributed by atoms with van der Waals surface area (Å²) in [5.41, 5.74) is 1.93. The van der Waals surface area contributed by atoms with E-state index >= 15 is 0 Å². The highest BCUT2D eigenvalue weighted by Crippen LogP contribution is 2.26. The van der Waals surface area contributed by atoms with Crippen molar-refractivity contribution in [2.24, 2.45) is 5.92 Å². The quantitative estimate of drug-likeness (QED) is 0.553. The van der Waals surface area contributed by atoms with Gasteiger partial charge in [-0.3, -0.25) is 4.79 Å². The second-order valence-electron chi connectivity index (χ2n) is 6.70. The Hall–Kier alpha value is -1.60. The highest BCUT2D eigenvalue weighted by molar-refractivity contribution is 9.10. The van der Waals surface area contributed by atoms with Crippen molar-refractivity contribution in [3.05, 3.63) is 40.6 Å². The van der Waals surface area contributed by atoms with Crippen LogP contribution in [0.5, 0.6) is 0 Å². The number of amides is 1. The Kier molecular flexibility index (Phi) is 6.53. The van der Waals surface area contributed by atoms with Crippen LogP contribution in [0, 0.1) is 12.8 Å². The standard InChI is InChI=1S/C19H23BrN4OS/c1-13-5-7-24(8-6-13)17-10-19(22-12-21-17)26-11-18(25)23-16-4-3-14(2)9-15(16)20/h3-4,9-10,12-13H,5-8,11H2,1-2H3,(H,23,25). The second kappa shape index (κ2) is 8.86. The summed E-state index contributed by atoms with van der Waals surface area (Å²) < 4.78 is 0.888. The van der Waals surface area contributed by atoms with Crippen molar-refractivity contribution in [1.82, 2.24) is 9.97 Å². The maximum atomic E-state index is 12.2. The fraction of sp³-hybridized carbons (Fsp3) is 0.421. The topological polar surface area (TPSA) is 58.1 Å². The lowest BCUT2D eigenvalue weighted by molar-refractivity contribution is -0.113. The lowest BCUT2D eigenvalue weighted by Gasteiger charge is -2.31. The van der Waals surface area contributed by atoms with Gasteiger partial charge in [-0.2, -0.15) is 0 Å². The smallest absolute Gasteiger partial charge is 0.234 e. The molecule has 0 spiro atoms. The van der Waals surface area contributed by atoms with Crippen molar-refractivity contribution in [3.8, 4) is 0 Å². The van der Waals surface area contributed by atoms with Crippen LogP contribution in [-0.4, -0.2) is 34.7 Å². The summed E-state index contributed by atoms with van der Waals surface area (Å²) in [7, 11) is 0. The van der Waals surface area contributed by atoms with Gasteiger partial charge in [0, 0.05) is 23.6 Å². The molecular formula is C19H23BrN4OS. The molecule has 2 heterocycles. The molecule has 3 rings (SSSR count). The first-order chi connectivity index (χ1) is 12.5. The molecule has 2 aromatic rings. The average molecular weight is 435 g/mol. The summed E-state index contributed by atoms with van der Waals surface area (Å²) in [6, 6.07) is 7.85. The van der Waals surface area contributed by atoms with Gasteiger partial charge >= 0.3 is 0 Å². The largest absolute Gasteiger partial charge is 0.356 e. The van der Waals surface area contributed by atoms with E-state index < -0.39 is 0 Å². The van der Waals surface area contributed by atoms with E-state index in [-0.39, 0.29) is 5.91 Å². The summed E-state index contributed by atoms with van der Waals surface area (Å²) in [5.74, 6) is 2.00. The fourth-order valence-electron chi connectivity index (χ4n) is 2.87. The van der Waals surface area contributed by atoms with E-state index in [4.69, 9.17) is 0 Å². The molecule has 1 aliphatic heterocycles. The van der Waals surface area contributed by atoms with Crippen LogP contribution < -0.4 is 10.2 Å². The first-order valence-corrected chi connectivity index (χ1v) is 10.5. The number of benzene rings is 1. The average Bonchev–Trinajstić information content (AvgIpc) is 2.63. The SMILES string of the molecule is Cc1ccc(NC(=O)CSc2cc(N3CCC(C)CC3)ncn2)c(Br)c1. The molecule has 0 unspecified atom stereocenters. The number of carbonyl (C=O) groups is 1. The van der Waals surface area contributed by atoms with Crippen LogP contribution in [0.1, 0.15) is 25.3 Å². The van der Waals surface area contributed by atoms with Crippen LogP contribution in [-0.2, 0) is 4.79 Å². The number of nitrogens with one attached hydrogen (secondary N) is 1. The number of thioether (sulfide) groups is 1. The Morgan fingerprint density at radius 3 is 2.81 bits per heavy atom. The number of hydrogen-bond donors (Lipinski definition) is 1. The molecule has 138 valence electrons. The van der Waals surface area contributed by atoms with E-state index in [0.717, 1.165) is 45.6 Å². The van der Waals surface area contributed by atoms with Gasteiger partial charge in [0.1, 0.15) is 17.2 Å². The number of hydrogen-bond acceptors (Lipinski definition) is 5. The van der Waals surface area contributed by atoms with E-state index in [1.54, 1.807) is 6.33 Å². The van der Waals surface area contributed by atoms with Gasteiger partial charge in [-0.25, -0.2) is 9.97 Å². The number of halogens is 1. The Balaban J connectivity index is 1.56. The van der Waals surface area contributed by atoms with Gasteiger partial charge in [0.15, 0.2) is 0 Å². The number of carbonyl (C=O) groups excluding carboxylic acids is 1. The molecule has 0 radical (unpaired) electrons. The Morgan fingerprint density at radius 2 is 2.08 bits per heavy atom. The normalized spacial score (nSPS) is 15.1. The monoisotopic (exact) mass is 434 g/mol. The first kappa shape index (κ1) is 19.2. The Morgan fingerprint density at radius 1 is 1.31 bits per heavy atom. The molecule has 1 amide bonds. The number of piperidine rings is 1. The highest BCUT2D eigenvalue weighted by Gasteiger charge is 2.17. The van der Waals surface area contributed by atoms with E-state index in [9.17, 15) is 4.79 Å². The molecule has 0 atom stereocenters. The van der Waals surface area contributed by atoms with Crippen LogP contribution in [0.2, 0.25) is 0 Å². The highest BCUT2D eigenvalue weighted by atomic mass is 79.9. The maximum Gasteiger partial charge on any atom is 0.234 e. The van der Waals surface area contributed by atoms with Gasteiger partial charge in [-0.1, -0.05) is 24.8 Å². The molecule has 1 aliphatic rings. The van der Waals surface area contributed by atoms with Crippen molar-refractivity contribution < 1.29 is 4.79 Å². The molecule has 1 N–H and O–H groups in total. The van der Waals surface area contributed by atoms with Gasteiger partial charge in [0.25, 0.3) is 0 Å². The molecule has 5 nitrogen and oxygen atoms in total. The summed E-state index contributed by atoms with van der Waals surface area (Å²) in [5, 5.41) is 3.76. The minimum atomic E-state index is -0.0495. The summed E-state index contributed by atoms with van der Waals surface area (Å²) in [6.45, 7) is 6.37. The Labute approximate surface area is 167 Å². The van der Waals surface area contributed by atoms with E-state index in [1.165, 1.54) is 24.6 Å². The number of aromatic nitrogens is 2. The maximum absolute atomic E-state index is 12.2. The van der Waals surface area contributed by atoms with Crippen LogP contribution in [0.15, 0.2) is 40.1 Å². The third kappa shape index (κ3) is 5.20. The van der Waals surface area contributed by atoms with E-state index in [1.807, 2.05) is 31.2 Å². The summed E-state index contributed by atoms with van der Waals surface area (Å²) in [6.07, 6.45) is 3.98. The summed E-state index contributed by atoms with van der Waals surface area (Å²) >= 11 is 4.91. The summed E-state index contributed by atoms with van der Waals surface area (Å²) in [4.78, 5) is 23.2. The van der Waals surface area contributed by atoms with Crippen molar-refractivity contribution >= 4 is 45.1 Å².